The molecule has 464 valence electrons. The fraction of sp³-hybridized carbons (Fsp3) is 0.720. The average Bonchev–Trinajstić information content (AvgIpc) is 3.47. The van der Waals surface area contributed by atoms with Gasteiger partial charge in [0.2, 0.25) is 0 Å². The third kappa shape index (κ3) is 66.8. The normalized spacial score (nSPS) is 12.8. The number of allylic oxidation sites excluding steroid dienone is 18. The van der Waals surface area contributed by atoms with Crippen molar-refractivity contribution in [2.24, 2.45) is 0 Å². The molecule has 0 aliphatic heterocycles. The number of esters is 3. The number of carbonyl (C=O) groups excluding carboxylic acids is 3. The van der Waals surface area contributed by atoms with Crippen molar-refractivity contribution >= 4 is 17.9 Å². The minimum absolute atomic E-state index is 0.0895. The molecule has 1 unspecified atom stereocenters. The van der Waals surface area contributed by atoms with E-state index in [1.165, 1.54) is 173 Å². The maximum absolute atomic E-state index is 12.9. The zero-order chi connectivity index (χ0) is 58.5. The third-order valence-electron chi connectivity index (χ3n) is 14.8. The lowest BCUT2D eigenvalue weighted by Crippen LogP contribution is -2.30. The highest BCUT2D eigenvalue weighted by Gasteiger charge is 2.19. The summed E-state index contributed by atoms with van der Waals surface area (Å²) in [4.78, 5) is 38.3. The van der Waals surface area contributed by atoms with Crippen LogP contribution in [-0.2, 0) is 28.6 Å². The minimum atomic E-state index is -0.796. The summed E-state index contributed by atoms with van der Waals surface area (Å²) in [6.07, 6.45) is 94.1. The summed E-state index contributed by atoms with van der Waals surface area (Å²) in [5.74, 6) is -0.915. The molecular weight excluding hydrogens is 997 g/mol. The average molecular weight is 1130 g/mol. The maximum atomic E-state index is 12.9. The first-order valence-corrected chi connectivity index (χ1v) is 34.4. The molecule has 0 saturated carbocycles. The molecule has 0 aromatic rings. The number of rotatable bonds is 62. The molecule has 0 fully saturated rings. The highest BCUT2D eigenvalue weighted by Crippen LogP contribution is 2.17. The number of hydrogen-bond donors (Lipinski definition) is 0. The van der Waals surface area contributed by atoms with Crippen LogP contribution in [-0.4, -0.2) is 37.2 Å². The van der Waals surface area contributed by atoms with Crippen molar-refractivity contribution in [3.8, 4) is 0 Å². The third-order valence-corrected chi connectivity index (χ3v) is 14.8. The maximum Gasteiger partial charge on any atom is 0.306 e. The smallest absolute Gasteiger partial charge is 0.306 e. The predicted octanol–water partition coefficient (Wildman–Crippen LogP) is 23.8. The van der Waals surface area contributed by atoms with Crippen molar-refractivity contribution in [2.75, 3.05) is 13.2 Å². The summed E-state index contributed by atoms with van der Waals surface area (Å²) in [5, 5.41) is 0. The van der Waals surface area contributed by atoms with Crippen LogP contribution >= 0.6 is 0 Å². The van der Waals surface area contributed by atoms with E-state index in [1.807, 2.05) is 0 Å². The zero-order valence-corrected chi connectivity index (χ0v) is 53.3. The number of unbranched alkanes of at least 4 members (excludes halogenated alkanes) is 33. The topological polar surface area (TPSA) is 78.9 Å². The molecule has 0 aromatic carbocycles. The second kappa shape index (κ2) is 68.6. The van der Waals surface area contributed by atoms with Gasteiger partial charge in [0, 0.05) is 19.3 Å². The number of ether oxygens (including phenoxy) is 3. The summed E-state index contributed by atoms with van der Waals surface area (Å²) < 4.78 is 16.9. The summed E-state index contributed by atoms with van der Waals surface area (Å²) >= 11 is 0. The van der Waals surface area contributed by atoms with Gasteiger partial charge in [0.1, 0.15) is 13.2 Å². The Morgan fingerprint density at radius 2 is 0.481 bits per heavy atom. The van der Waals surface area contributed by atoms with Gasteiger partial charge in [-0.1, -0.05) is 310 Å². The van der Waals surface area contributed by atoms with Gasteiger partial charge in [0.05, 0.1) is 0 Å². The molecule has 0 bridgehead atoms. The Morgan fingerprint density at radius 3 is 0.765 bits per heavy atom. The van der Waals surface area contributed by atoms with Gasteiger partial charge in [-0.15, -0.1) is 0 Å². The Hall–Kier alpha value is -3.93. The van der Waals surface area contributed by atoms with E-state index < -0.39 is 6.10 Å². The molecule has 0 spiro atoms. The van der Waals surface area contributed by atoms with Crippen LogP contribution in [0, 0.1) is 0 Å². The second-order valence-corrected chi connectivity index (χ2v) is 22.7. The van der Waals surface area contributed by atoms with Crippen molar-refractivity contribution in [2.45, 2.75) is 335 Å². The van der Waals surface area contributed by atoms with E-state index in [1.54, 1.807) is 0 Å². The van der Waals surface area contributed by atoms with Crippen molar-refractivity contribution < 1.29 is 28.6 Å². The van der Waals surface area contributed by atoms with Crippen LogP contribution in [0.15, 0.2) is 109 Å². The molecule has 0 aliphatic carbocycles. The molecule has 0 saturated heterocycles. The summed E-state index contributed by atoms with van der Waals surface area (Å²) in [7, 11) is 0. The zero-order valence-electron chi connectivity index (χ0n) is 53.3. The molecule has 0 heterocycles. The van der Waals surface area contributed by atoms with E-state index in [0.717, 1.165) is 116 Å². The Labute approximate surface area is 501 Å². The Morgan fingerprint density at radius 1 is 0.259 bits per heavy atom. The van der Waals surface area contributed by atoms with Crippen molar-refractivity contribution in [1.82, 2.24) is 0 Å². The highest BCUT2D eigenvalue weighted by molar-refractivity contribution is 5.71. The largest absolute Gasteiger partial charge is 0.462 e. The Bertz CT molecular complexity index is 1620. The van der Waals surface area contributed by atoms with Crippen molar-refractivity contribution in [1.29, 1.82) is 0 Å². The van der Waals surface area contributed by atoms with Crippen LogP contribution in [0.25, 0.3) is 0 Å². The van der Waals surface area contributed by atoms with Crippen LogP contribution < -0.4 is 0 Å². The molecule has 81 heavy (non-hydrogen) atoms. The molecule has 0 amide bonds. The van der Waals surface area contributed by atoms with Crippen LogP contribution in [0.2, 0.25) is 0 Å². The van der Waals surface area contributed by atoms with E-state index >= 15 is 0 Å². The van der Waals surface area contributed by atoms with Crippen molar-refractivity contribution in [3.63, 3.8) is 0 Å². The highest BCUT2D eigenvalue weighted by atomic mass is 16.6. The van der Waals surface area contributed by atoms with Crippen molar-refractivity contribution in [3.05, 3.63) is 109 Å². The van der Waals surface area contributed by atoms with E-state index in [9.17, 15) is 14.4 Å². The molecule has 0 aliphatic rings. The van der Waals surface area contributed by atoms with Crippen LogP contribution in [0.5, 0.6) is 0 Å². The van der Waals surface area contributed by atoms with E-state index in [0.29, 0.717) is 12.8 Å². The molecule has 1 atom stereocenters. The lowest BCUT2D eigenvalue weighted by atomic mass is 10.0. The minimum Gasteiger partial charge on any atom is -0.462 e. The van der Waals surface area contributed by atoms with Gasteiger partial charge < -0.3 is 14.2 Å². The molecule has 0 rings (SSSR count). The van der Waals surface area contributed by atoms with Gasteiger partial charge >= 0.3 is 17.9 Å². The summed E-state index contributed by atoms with van der Waals surface area (Å²) in [5.41, 5.74) is 0. The Balaban J connectivity index is 4.22. The predicted molar refractivity (Wildman–Crippen MR) is 353 cm³/mol. The van der Waals surface area contributed by atoms with Gasteiger partial charge in [-0.3, -0.25) is 14.4 Å². The van der Waals surface area contributed by atoms with E-state index in [4.69, 9.17) is 14.2 Å². The molecule has 0 aromatic heterocycles. The van der Waals surface area contributed by atoms with Gasteiger partial charge in [-0.05, 0) is 109 Å². The van der Waals surface area contributed by atoms with Crippen LogP contribution in [0.4, 0.5) is 0 Å². The van der Waals surface area contributed by atoms with Crippen LogP contribution in [0.3, 0.4) is 0 Å². The van der Waals surface area contributed by atoms with E-state index in [-0.39, 0.29) is 37.5 Å². The fourth-order valence-electron chi connectivity index (χ4n) is 9.63. The lowest BCUT2D eigenvalue weighted by molar-refractivity contribution is -0.167. The lowest BCUT2D eigenvalue weighted by Gasteiger charge is -2.18. The quantitative estimate of drug-likeness (QED) is 0.0261. The first-order valence-electron chi connectivity index (χ1n) is 34.4. The molecular formula is C75H128O6. The first-order chi connectivity index (χ1) is 40.0. The SMILES string of the molecule is CC/C=C\C/C=C\C/C=C\C/C=C\C/C=C\C/C=C\C/C=C\CCCCCC(=O)OC(COC(=O)CCCCCCCCCCC)COC(=O)CCCCCCCCCCCCCCCCCCC/C=C\C/C=C\CCCCCCC. The van der Waals surface area contributed by atoms with E-state index in [2.05, 4.69) is 130 Å². The van der Waals surface area contributed by atoms with Gasteiger partial charge in [0.25, 0.3) is 0 Å². The standard InChI is InChI=1S/C75H128O6/c1-4-7-10-13-16-19-21-23-25-27-29-31-33-35-36-37-38-40-41-43-45-47-49-51-53-56-59-62-65-68-74(77)80-71-72(70-79-73(76)67-64-61-58-55-18-15-12-9-6-3)81-75(78)69-66-63-60-57-54-52-50-48-46-44-42-39-34-32-30-28-26-24-22-20-17-14-11-8-5-2/h8,11,17,20-21,23-24,26-27,29-30,32,39,42,46,48,52,54,72H,4-7,9-10,12-16,18-19,22,25,28,31,33-38,40-41,43-45,47,49-51,53,55-71H2,1-3H3/b11-8-,20-17-,23-21-,26-24-,29-27-,32-30-,42-39-,48-46-,54-52-. The number of carbonyl (C=O) groups is 3. The molecule has 0 radical (unpaired) electrons. The van der Waals surface area contributed by atoms with Gasteiger partial charge in [0.15, 0.2) is 6.10 Å². The number of hydrogen-bond acceptors (Lipinski definition) is 6. The summed E-state index contributed by atoms with van der Waals surface area (Å²) in [6.45, 7) is 6.50. The first kappa shape index (κ1) is 77.1. The van der Waals surface area contributed by atoms with Gasteiger partial charge in [-0.2, -0.15) is 0 Å². The summed E-state index contributed by atoms with van der Waals surface area (Å²) in [6, 6.07) is 0. The van der Waals surface area contributed by atoms with Gasteiger partial charge in [-0.25, -0.2) is 0 Å². The monoisotopic (exact) mass is 1120 g/mol. The van der Waals surface area contributed by atoms with Crippen LogP contribution in [0.1, 0.15) is 329 Å². The molecule has 6 heteroatoms. The molecule has 6 nitrogen and oxygen atoms in total. The Kier molecular flexibility index (Phi) is 65.2. The molecule has 0 N–H and O–H groups in total. The fourth-order valence-corrected chi connectivity index (χ4v) is 9.63. The second-order valence-electron chi connectivity index (χ2n) is 22.7.